The summed E-state index contributed by atoms with van der Waals surface area (Å²) in [6, 6.07) is 0.554. The molecule has 0 saturated heterocycles. The Balaban J connectivity index is 1.51. The van der Waals surface area contributed by atoms with Crippen molar-refractivity contribution in [2.45, 2.75) is 45.2 Å². The van der Waals surface area contributed by atoms with E-state index < -0.39 is 0 Å². The van der Waals surface area contributed by atoms with Crippen LogP contribution in [0.2, 0.25) is 0 Å². The molecule has 0 radical (unpaired) electrons. The van der Waals surface area contributed by atoms with Gasteiger partial charge in [-0.2, -0.15) is 0 Å². The molecule has 5 nitrogen and oxygen atoms in total. The molecule has 0 spiro atoms. The second kappa shape index (κ2) is 6.47. The fourth-order valence-corrected chi connectivity index (χ4v) is 3.55. The molecule has 2 aromatic rings. The average molecular weight is 305 g/mol. The number of rotatable bonds is 3. The Bertz CT molecular complexity index is 578. The molecule has 0 aromatic carbocycles. The molecule has 2 N–H and O–H groups in total. The normalized spacial score (nSPS) is 23.4. The van der Waals surface area contributed by atoms with Crippen LogP contribution in [-0.4, -0.2) is 28.4 Å². The molecule has 1 fully saturated rings. The molecule has 0 atom stereocenters. The summed E-state index contributed by atoms with van der Waals surface area (Å²) in [4.78, 5) is 9.93. The van der Waals surface area contributed by atoms with Gasteiger partial charge in [0.15, 0.2) is 10.9 Å². The average Bonchev–Trinajstić information content (AvgIpc) is 3.06. The molecule has 2 aromatic heterocycles. The maximum atomic E-state index is 4.57. The summed E-state index contributed by atoms with van der Waals surface area (Å²) < 4.78 is 2.06. The summed E-state index contributed by atoms with van der Waals surface area (Å²) in [6.07, 6.45) is 9.20. The van der Waals surface area contributed by atoms with E-state index in [1.54, 1.807) is 11.3 Å². The van der Waals surface area contributed by atoms with Crippen LogP contribution in [0, 0.1) is 5.92 Å². The first-order valence-electron chi connectivity index (χ1n) is 7.63. The summed E-state index contributed by atoms with van der Waals surface area (Å²) >= 11 is 1.66. The van der Waals surface area contributed by atoms with Crippen molar-refractivity contribution < 1.29 is 0 Å². The Morgan fingerprint density at radius 3 is 2.95 bits per heavy atom. The molecule has 1 aliphatic rings. The molecule has 1 aliphatic carbocycles. The lowest BCUT2D eigenvalue weighted by atomic mass is 9.87. The number of nitrogens with one attached hydrogen (secondary N) is 2. The van der Waals surface area contributed by atoms with Crippen LogP contribution in [0.1, 0.15) is 38.3 Å². The number of aromatic nitrogens is 2. The zero-order valence-electron chi connectivity index (χ0n) is 12.7. The highest BCUT2D eigenvalue weighted by molar-refractivity contribution is 7.15. The predicted molar refractivity (Wildman–Crippen MR) is 87.8 cm³/mol. The van der Waals surface area contributed by atoms with Gasteiger partial charge in [0.05, 0.1) is 12.2 Å². The molecule has 1 saturated carbocycles. The van der Waals surface area contributed by atoms with E-state index in [4.69, 9.17) is 0 Å². The number of hydrogen-bond acceptors (Lipinski definition) is 3. The molecule has 0 bridgehead atoms. The number of guanidine groups is 1. The predicted octanol–water partition coefficient (Wildman–Crippen LogP) is 2.64. The molecule has 0 unspecified atom stereocenters. The van der Waals surface area contributed by atoms with Crippen molar-refractivity contribution in [3.8, 4) is 0 Å². The molecule has 2 heterocycles. The Hall–Kier alpha value is -1.56. The quantitative estimate of drug-likeness (QED) is 0.677. The zero-order valence-corrected chi connectivity index (χ0v) is 13.5. The van der Waals surface area contributed by atoms with Gasteiger partial charge in [0.1, 0.15) is 0 Å². The summed E-state index contributed by atoms with van der Waals surface area (Å²) in [7, 11) is 1.83. The first-order chi connectivity index (χ1) is 10.2. The third-order valence-electron chi connectivity index (χ3n) is 4.16. The second-order valence-corrected chi connectivity index (χ2v) is 6.73. The SMILES string of the molecule is CN=C(NCc1cn2ccsc2n1)NC1CCC(C)CC1. The fraction of sp³-hybridized carbons (Fsp3) is 0.600. The van der Waals surface area contributed by atoms with E-state index in [2.05, 4.69) is 38.1 Å². The third-order valence-corrected chi connectivity index (χ3v) is 4.93. The summed E-state index contributed by atoms with van der Waals surface area (Å²) in [5.74, 6) is 1.75. The Labute approximate surface area is 129 Å². The van der Waals surface area contributed by atoms with Crippen LogP contribution in [0.4, 0.5) is 0 Å². The first kappa shape index (κ1) is 14.4. The van der Waals surface area contributed by atoms with Crippen LogP contribution in [0.5, 0.6) is 0 Å². The van der Waals surface area contributed by atoms with E-state index >= 15 is 0 Å². The lowest BCUT2D eigenvalue weighted by molar-refractivity contribution is 0.329. The highest BCUT2D eigenvalue weighted by atomic mass is 32.1. The van der Waals surface area contributed by atoms with Crippen LogP contribution in [0.15, 0.2) is 22.8 Å². The third kappa shape index (κ3) is 3.56. The van der Waals surface area contributed by atoms with Crippen molar-refractivity contribution in [2.75, 3.05) is 7.05 Å². The minimum absolute atomic E-state index is 0.554. The van der Waals surface area contributed by atoms with Gasteiger partial charge < -0.3 is 10.6 Å². The summed E-state index contributed by atoms with van der Waals surface area (Å²) in [5, 5.41) is 8.94. The zero-order chi connectivity index (χ0) is 14.7. The molecule has 3 rings (SSSR count). The second-order valence-electron chi connectivity index (χ2n) is 5.85. The molecule has 21 heavy (non-hydrogen) atoms. The van der Waals surface area contributed by atoms with Crippen LogP contribution < -0.4 is 10.6 Å². The van der Waals surface area contributed by atoms with Gasteiger partial charge in [-0.25, -0.2) is 4.98 Å². The highest BCUT2D eigenvalue weighted by Gasteiger charge is 2.18. The van der Waals surface area contributed by atoms with Crippen molar-refractivity contribution in [1.29, 1.82) is 0 Å². The van der Waals surface area contributed by atoms with Crippen molar-refractivity contribution in [3.05, 3.63) is 23.5 Å². The Kier molecular flexibility index (Phi) is 4.43. The maximum absolute atomic E-state index is 4.57. The number of aliphatic imine (C=N–C) groups is 1. The minimum Gasteiger partial charge on any atom is -0.354 e. The molecular formula is C15H23N5S. The van der Waals surface area contributed by atoms with Crippen molar-refractivity contribution in [1.82, 2.24) is 20.0 Å². The monoisotopic (exact) mass is 305 g/mol. The largest absolute Gasteiger partial charge is 0.354 e. The van der Waals surface area contributed by atoms with Crippen LogP contribution in [-0.2, 0) is 6.54 Å². The first-order valence-corrected chi connectivity index (χ1v) is 8.51. The number of nitrogens with zero attached hydrogens (tertiary/aromatic N) is 3. The fourth-order valence-electron chi connectivity index (χ4n) is 2.83. The number of hydrogen-bond donors (Lipinski definition) is 2. The molecule has 0 aliphatic heterocycles. The number of fused-ring (bicyclic) bond motifs is 1. The van der Waals surface area contributed by atoms with Crippen molar-refractivity contribution in [3.63, 3.8) is 0 Å². The summed E-state index contributed by atoms with van der Waals surface area (Å²) in [6.45, 7) is 3.05. The maximum Gasteiger partial charge on any atom is 0.193 e. The lowest BCUT2D eigenvalue weighted by Gasteiger charge is -2.28. The highest BCUT2D eigenvalue weighted by Crippen LogP contribution is 2.23. The van der Waals surface area contributed by atoms with Crippen molar-refractivity contribution >= 4 is 22.3 Å². The lowest BCUT2D eigenvalue weighted by Crippen LogP contribution is -2.44. The van der Waals surface area contributed by atoms with Gasteiger partial charge in [-0.3, -0.25) is 9.39 Å². The van der Waals surface area contributed by atoms with E-state index in [0.29, 0.717) is 12.6 Å². The van der Waals surface area contributed by atoms with E-state index in [-0.39, 0.29) is 0 Å². The number of thiazole rings is 1. The van der Waals surface area contributed by atoms with E-state index in [0.717, 1.165) is 22.5 Å². The van der Waals surface area contributed by atoms with Gasteiger partial charge in [0, 0.05) is 30.9 Å². The van der Waals surface area contributed by atoms with Crippen LogP contribution >= 0.6 is 11.3 Å². The van der Waals surface area contributed by atoms with Gasteiger partial charge in [0.25, 0.3) is 0 Å². The minimum atomic E-state index is 0.554. The van der Waals surface area contributed by atoms with Crippen LogP contribution in [0.25, 0.3) is 4.96 Å². The molecular weight excluding hydrogens is 282 g/mol. The number of imidazole rings is 1. The molecule has 0 amide bonds. The van der Waals surface area contributed by atoms with Gasteiger partial charge in [-0.05, 0) is 31.6 Å². The van der Waals surface area contributed by atoms with Crippen molar-refractivity contribution in [2.24, 2.45) is 10.9 Å². The van der Waals surface area contributed by atoms with E-state index in [9.17, 15) is 0 Å². The Morgan fingerprint density at radius 1 is 1.43 bits per heavy atom. The topological polar surface area (TPSA) is 53.7 Å². The van der Waals surface area contributed by atoms with E-state index in [1.165, 1.54) is 25.7 Å². The van der Waals surface area contributed by atoms with Gasteiger partial charge >= 0.3 is 0 Å². The van der Waals surface area contributed by atoms with Crippen LogP contribution in [0.3, 0.4) is 0 Å². The smallest absolute Gasteiger partial charge is 0.193 e. The van der Waals surface area contributed by atoms with Gasteiger partial charge in [-0.1, -0.05) is 6.92 Å². The van der Waals surface area contributed by atoms with E-state index in [1.807, 2.05) is 18.6 Å². The molecule has 114 valence electrons. The standard InChI is InChI=1S/C15H23N5S/c1-11-3-5-12(6-4-11)18-14(16-2)17-9-13-10-20-7-8-21-15(20)19-13/h7-8,10-12H,3-6,9H2,1-2H3,(H2,16,17,18). The summed E-state index contributed by atoms with van der Waals surface area (Å²) in [5.41, 5.74) is 1.04. The molecule has 6 heteroatoms. The van der Waals surface area contributed by atoms with Gasteiger partial charge in [-0.15, -0.1) is 11.3 Å². The Morgan fingerprint density at radius 2 is 2.24 bits per heavy atom. The van der Waals surface area contributed by atoms with Gasteiger partial charge in [0.2, 0.25) is 0 Å².